The fourth-order valence-electron chi connectivity index (χ4n) is 1.75. The van der Waals surface area contributed by atoms with Crippen molar-refractivity contribution in [3.63, 3.8) is 0 Å². The summed E-state index contributed by atoms with van der Waals surface area (Å²) in [5.41, 5.74) is 0.684. The van der Waals surface area contributed by atoms with Crippen LogP contribution in [0, 0.1) is 11.3 Å². The van der Waals surface area contributed by atoms with Crippen molar-refractivity contribution in [2.75, 3.05) is 6.26 Å². The van der Waals surface area contributed by atoms with Crippen LogP contribution in [-0.2, 0) is 9.84 Å². The Balaban J connectivity index is 2.44. The van der Waals surface area contributed by atoms with E-state index in [1.807, 2.05) is 18.4 Å². The molecule has 5 heteroatoms. The van der Waals surface area contributed by atoms with Gasteiger partial charge in [0, 0.05) is 4.90 Å². The summed E-state index contributed by atoms with van der Waals surface area (Å²) in [4.78, 5) is 0.945. The summed E-state index contributed by atoms with van der Waals surface area (Å²) < 4.78 is 24.8. The maximum atomic E-state index is 12.4. The third-order valence-electron chi connectivity index (χ3n) is 2.87. The highest BCUT2D eigenvalue weighted by Gasteiger charge is 2.20. The second kappa shape index (κ2) is 6.61. The number of nitriles is 1. The van der Waals surface area contributed by atoms with Crippen molar-refractivity contribution in [1.82, 2.24) is 0 Å². The first-order chi connectivity index (χ1) is 10.1. The van der Waals surface area contributed by atoms with E-state index in [0.717, 1.165) is 4.90 Å². The van der Waals surface area contributed by atoms with Crippen LogP contribution in [0.4, 0.5) is 0 Å². The minimum Gasteiger partial charge on any atom is -0.218 e. The van der Waals surface area contributed by atoms with Gasteiger partial charge in [0.2, 0.25) is 9.84 Å². The highest BCUT2D eigenvalue weighted by Crippen LogP contribution is 2.22. The Morgan fingerprint density at radius 3 is 2.24 bits per heavy atom. The van der Waals surface area contributed by atoms with Gasteiger partial charge in [0.05, 0.1) is 4.90 Å². The van der Waals surface area contributed by atoms with E-state index in [9.17, 15) is 13.7 Å². The summed E-state index contributed by atoms with van der Waals surface area (Å²) in [6.07, 6.45) is 3.36. The summed E-state index contributed by atoms with van der Waals surface area (Å²) >= 11 is 1.60. The second-order valence-electron chi connectivity index (χ2n) is 4.21. The third-order valence-corrected chi connectivity index (χ3v) is 5.29. The predicted molar refractivity (Wildman–Crippen MR) is 85.4 cm³/mol. The Hall–Kier alpha value is -2.03. The van der Waals surface area contributed by atoms with Gasteiger partial charge in [-0.15, -0.1) is 11.8 Å². The van der Waals surface area contributed by atoms with Gasteiger partial charge in [0.1, 0.15) is 11.0 Å². The van der Waals surface area contributed by atoms with Crippen LogP contribution in [-0.4, -0.2) is 14.7 Å². The van der Waals surface area contributed by atoms with Crippen molar-refractivity contribution in [3.05, 3.63) is 65.1 Å². The lowest BCUT2D eigenvalue weighted by Crippen LogP contribution is -2.03. The van der Waals surface area contributed by atoms with Gasteiger partial charge in [0.15, 0.2) is 0 Å². The molecule has 0 aliphatic rings. The quantitative estimate of drug-likeness (QED) is 0.637. The molecule has 106 valence electrons. The number of hydrogen-bond acceptors (Lipinski definition) is 4. The van der Waals surface area contributed by atoms with Crippen molar-refractivity contribution in [2.45, 2.75) is 9.79 Å². The fourth-order valence-corrected chi connectivity index (χ4v) is 3.34. The monoisotopic (exact) mass is 315 g/mol. The molecule has 0 fully saturated rings. The van der Waals surface area contributed by atoms with Crippen LogP contribution in [0.5, 0.6) is 0 Å². The molecule has 2 rings (SSSR count). The van der Waals surface area contributed by atoms with Crippen LogP contribution in [0.3, 0.4) is 0 Å². The van der Waals surface area contributed by atoms with Crippen molar-refractivity contribution in [1.29, 1.82) is 5.26 Å². The molecule has 0 heterocycles. The van der Waals surface area contributed by atoms with Gasteiger partial charge >= 0.3 is 0 Å². The van der Waals surface area contributed by atoms with Crippen molar-refractivity contribution in [3.8, 4) is 6.07 Å². The molecule has 0 bridgehead atoms. The molecular formula is C16H13NO2S2. The Labute approximate surface area is 128 Å². The predicted octanol–water partition coefficient (Wildman–Crippen LogP) is 3.75. The molecule has 21 heavy (non-hydrogen) atoms. The van der Waals surface area contributed by atoms with E-state index in [4.69, 9.17) is 0 Å². The Kier molecular flexibility index (Phi) is 4.84. The average Bonchev–Trinajstić information content (AvgIpc) is 2.53. The molecule has 0 N–H and O–H groups in total. The smallest absolute Gasteiger partial charge is 0.216 e. The number of allylic oxidation sites excluding steroid dienone is 1. The van der Waals surface area contributed by atoms with E-state index >= 15 is 0 Å². The van der Waals surface area contributed by atoms with Crippen molar-refractivity contribution >= 4 is 27.7 Å². The number of benzene rings is 2. The lowest BCUT2D eigenvalue weighted by atomic mass is 10.2. The lowest BCUT2D eigenvalue weighted by Gasteiger charge is -2.03. The Morgan fingerprint density at radius 2 is 1.71 bits per heavy atom. The molecule has 0 aliphatic heterocycles. The fraction of sp³-hybridized carbons (Fsp3) is 0.0625. The summed E-state index contributed by atoms with van der Waals surface area (Å²) in [5.74, 6) is 0. The first-order valence-corrected chi connectivity index (χ1v) is 8.84. The van der Waals surface area contributed by atoms with Gasteiger partial charge in [-0.1, -0.05) is 30.3 Å². The maximum absolute atomic E-state index is 12.4. The van der Waals surface area contributed by atoms with E-state index in [1.165, 1.54) is 18.2 Å². The molecule has 0 spiro atoms. The zero-order valence-electron chi connectivity index (χ0n) is 11.4. The van der Waals surface area contributed by atoms with Crippen LogP contribution < -0.4 is 0 Å². The molecular weight excluding hydrogens is 302 g/mol. The standard InChI is InChI=1S/C16H13NO2S2/c1-20-14-9-7-13(8-10-14)11-16(12-17)21(18,19)15-5-3-2-4-6-15/h2-11H,1H3. The van der Waals surface area contributed by atoms with E-state index in [2.05, 4.69) is 0 Å². The largest absolute Gasteiger partial charge is 0.218 e. The summed E-state index contributed by atoms with van der Waals surface area (Å²) in [7, 11) is -3.77. The van der Waals surface area contributed by atoms with Crippen LogP contribution in [0.15, 0.2) is 69.3 Å². The van der Waals surface area contributed by atoms with Gasteiger partial charge < -0.3 is 0 Å². The molecule has 0 saturated heterocycles. The normalized spacial score (nSPS) is 11.9. The third kappa shape index (κ3) is 3.54. The van der Waals surface area contributed by atoms with E-state index in [1.54, 1.807) is 48.2 Å². The lowest BCUT2D eigenvalue weighted by molar-refractivity contribution is 0.603. The van der Waals surface area contributed by atoms with Gasteiger partial charge in [-0.2, -0.15) is 5.26 Å². The average molecular weight is 315 g/mol. The number of hydrogen-bond donors (Lipinski definition) is 0. The molecule has 0 saturated carbocycles. The first kappa shape index (κ1) is 15.4. The molecule has 0 aromatic heterocycles. The van der Waals surface area contributed by atoms with Crippen LogP contribution in [0.1, 0.15) is 5.56 Å². The van der Waals surface area contributed by atoms with Crippen molar-refractivity contribution in [2.24, 2.45) is 0 Å². The minimum absolute atomic E-state index is 0.124. The molecule has 3 nitrogen and oxygen atoms in total. The number of rotatable bonds is 4. The number of nitrogens with zero attached hydrogens (tertiary/aromatic N) is 1. The second-order valence-corrected chi connectivity index (χ2v) is 7.01. The number of sulfone groups is 1. The van der Waals surface area contributed by atoms with Crippen LogP contribution >= 0.6 is 11.8 Å². The summed E-state index contributed by atoms with van der Waals surface area (Å²) in [5, 5.41) is 9.18. The highest BCUT2D eigenvalue weighted by molar-refractivity contribution is 7.98. The Morgan fingerprint density at radius 1 is 1.10 bits per heavy atom. The van der Waals surface area contributed by atoms with Gasteiger partial charge in [-0.25, -0.2) is 8.42 Å². The zero-order valence-corrected chi connectivity index (χ0v) is 13.0. The van der Waals surface area contributed by atoms with Gasteiger partial charge in [0.25, 0.3) is 0 Å². The van der Waals surface area contributed by atoms with E-state index in [-0.39, 0.29) is 9.80 Å². The highest BCUT2D eigenvalue weighted by atomic mass is 32.2. The molecule has 0 atom stereocenters. The topological polar surface area (TPSA) is 57.9 Å². The summed E-state index contributed by atoms with van der Waals surface area (Å²) in [6.45, 7) is 0. The number of thioether (sulfide) groups is 1. The van der Waals surface area contributed by atoms with Crippen LogP contribution in [0.25, 0.3) is 6.08 Å². The maximum Gasteiger partial charge on any atom is 0.216 e. The molecule has 2 aromatic rings. The van der Waals surface area contributed by atoms with Gasteiger partial charge in [-0.3, -0.25) is 0 Å². The van der Waals surface area contributed by atoms with Gasteiger partial charge in [-0.05, 0) is 42.2 Å². The van der Waals surface area contributed by atoms with E-state index < -0.39 is 9.84 Å². The van der Waals surface area contributed by atoms with Crippen LogP contribution in [0.2, 0.25) is 0 Å². The summed E-state index contributed by atoms with van der Waals surface area (Å²) in [6, 6.07) is 17.1. The molecule has 0 radical (unpaired) electrons. The zero-order chi connectivity index (χ0) is 15.3. The molecule has 0 aliphatic carbocycles. The Bertz CT molecular complexity index is 786. The first-order valence-electron chi connectivity index (χ1n) is 6.14. The van der Waals surface area contributed by atoms with E-state index in [0.29, 0.717) is 5.56 Å². The molecule has 2 aromatic carbocycles. The minimum atomic E-state index is -3.77. The van der Waals surface area contributed by atoms with Crippen molar-refractivity contribution < 1.29 is 8.42 Å². The molecule has 0 amide bonds. The SMILES string of the molecule is CSc1ccc(C=C(C#N)S(=O)(=O)c2ccccc2)cc1. The molecule has 0 unspecified atom stereocenters.